The zero-order chi connectivity index (χ0) is 10.6. The van der Waals surface area contributed by atoms with E-state index < -0.39 is 18.5 Å². The van der Waals surface area contributed by atoms with E-state index in [1.165, 1.54) is 18.3 Å². The number of nitrogens with two attached hydrogens (primary N) is 1. The normalized spacial score (nSPS) is 9.50. The molecule has 1 aromatic rings. The second kappa shape index (κ2) is 4.33. The number of pyridine rings is 1. The van der Waals surface area contributed by atoms with Crippen LogP contribution in [0, 0.1) is 0 Å². The Morgan fingerprint density at radius 2 is 2.21 bits per heavy atom. The lowest BCUT2D eigenvalue weighted by Crippen LogP contribution is -2.25. The topological polar surface area (TPSA) is 105 Å². The Bertz CT molecular complexity index is 347. The van der Waals surface area contributed by atoms with Crippen LogP contribution in [0.2, 0.25) is 0 Å². The van der Waals surface area contributed by atoms with Crippen LogP contribution in [0.5, 0.6) is 0 Å². The Hall–Kier alpha value is -1.95. The molecule has 0 aliphatic heterocycles. The zero-order valence-corrected chi connectivity index (χ0v) is 7.23. The number of aliphatic hydroxyl groups excluding tert-OH is 1. The highest BCUT2D eigenvalue weighted by molar-refractivity contribution is 5.95. The fourth-order valence-corrected chi connectivity index (χ4v) is 0.836. The van der Waals surface area contributed by atoms with Crippen molar-refractivity contribution in [2.45, 2.75) is 0 Å². The Labute approximate surface area is 79.8 Å². The molecular formula is C8H9N3O3. The largest absolute Gasteiger partial charge is 0.376 e. The van der Waals surface area contributed by atoms with Gasteiger partial charge in [0.1, 0.15) is 12.4 Å². The monoisotopic (exact) mass is 195 g/mol. The van der Waals surface area contributed by atoms with Crippen LogP contribution >= 0.6 is 0 Å². The van der Waals surface area contributed by atoms with Gasteiger partial charge in [0.15, 0.2) is 0 Å². The van der Waals surface area contributed by atoms with Crippen molar-refractivity contribution in [3.8, 4) is 0 Å². The summed E-state index contributed by atoms with van der Waals surface area (Å²) in [6.07, 6.45) is 1.20. The minimum atomic E-state index is -0.605. The molecule has 6 heteroatoms. The molecule has 1 rings (SSSR count). The quantitative estimate of drug-likeness (QED) is 0.530. The molecule has 1 heterocycles. The van der Waals surface area contributed by atoms with E-state index in [1.807, 2.05) is 0 Å². The van der Waals surface area contributed by atoms with Gasteiger partial charge in [0.25, 0.3) is 5.91 Å². The van der Waals surface area contributed by atoms with Crippen LogP contribution in [0.4, 0.5) is 0 Å². The molecule has 0 radical (unpaired) electrons. The van der Waals surface area contributed by atoms with Crippen molar-refractivity contribution in [3.05, 3.63) is 29.6 Å². The third-order valence-electron chi connectivity index (χ3n) is 1.52. The number of carbonyl (C=O) groups excluding carboxylic acids is 2. The first-order valence-electron chi connectivity index (χ1n) is 3.80. The fourth-order valence-electron chi connectivity index (χ4n) is 0.836. The number of amides is 2. The van der Waals surface area contributed by atoms with Gasteiger partial charge in [-0.05, 0) is 12.1 Å². The molecule has 0 aliphatic rings. The zero-order valence-electron chi connectivity index (χ0n) is 7.23. The Morgan fingerprint density at radius 1 is 1.50 bits per heavy atom. The summed E-state index contributed by atoms with van der Waals surface area (Å²) in [5.41, 5.74) is 5.32. The van der Waals surface area contributed by atoms with Gasteiger partial charge in [-0.15, -0.1) is 0 Å². The molecule has 4 N–H and O–H groups in total. The Balaban J connectivity index is 2.83. The van der Waals surface area contributed by atoms with Gasteiger partial charge in [-0.25, -0.2) is 0 Å². The highest BCUT2D eigenvalue weighted by Crippen LogP contribution is 1.99. The molecule has 0 aliphatic carbocycles. The average Bonchev–Trinajstić information content (AvgIpc) is 2.18. The van der Waals surface area contributed by atoms with Crippen LogP contribution in [0.25, 0.3) is 0 Å². The summed E-state index contributed by atoms with van der Waals surface area (Å²) in [6.45, 7) is -0.460. The number of rotatable bonds is 3. The minimum Gasteiger partial charge on any atom is -0.376 e. The van der Waals surface area contributed by atoms with E-state index in [9.17, 15) is 9.59 Å². The number of aromatic nitrogens is 1. The van der Waals surface area contributed by atoms with Gasteiger partial charge in [-0.1, -0.05) is 0 Å². The molecule has 74 valence electrons. The van der Waals surface area contributed by atoms with Crippen molar-refractivity contribution < 1.29 is 14.7 Å². The number of hydrogen-bond donors (Lipinski definition) is 3. The first-order chi connectivity index (χ1) is 6.65. The summed E-state index contributed by atoms with van der Waals surface area (Å²) in [6, 6.07) is 2.74. The predicted octanol–water partition coefficient (Wildman–Crippen LogP) is -1.14. The van der Waals surface area contributed by atoms with Gasteiger partial charge in [0, 0.05) is 6.20 Å². The van der Waals surface area contributed by atoms with E-state index in [2.05, 4.69) is 10.3 Å². The van der Waals surface area contributed by atoms with Crippen LogP contribution in [0.15, 0.2) is 18.3 Å². The lowest BCUT2D eigenvalue weighted by molar-refractivity contribution is 0.0903. The van der Waals surface area contributed by atoms with Gasteiger partial charge in [-0.2, -0.15) is 0 Å². The van der Waals surface area contributed by atoms with Crippen LogP contribution in [-0.4, -0.2) is 28.6 Å². The number of nitrogens with one attached hydrogen (secondary N) is 1. The number of primary amides is 1. The van der Waals surface area contributed by atoms with Crippen LogP contribution in [-0.2, 0) is 0 Å². The van der Waals surface area contributed by atoms with E-state index >= 15 is 0 Å². The molecule has 0 unspecified atom stereocenters. The lowest BCUT2D eigenvalue weighted by atomic mass is 10.2. The van der Waals surface area contributed by atoms with E-state index in [1.54, 1.807) is 0 Å². The second-order valence-corrected chi connectivity index (χ2v) is 2.46. The van der Waals surface area contributed by atoms with Crippen molar-refractivity contribution in [2.24, 2.45) is 5.73 Å². The second-order valence-electron chi connectivity index (χ2n) is 2.46. The number of hydrogen-bond acceptors (Lipinski definition) is 4. The average molecular weight is 195 g/mol. The molecule has 0 bridgehead atoms. The Morgan fingerprint density at radius 3 is 2.64 bits per heavy atom. The minimum absolute atomic E-state index is 0.115. The summed E-state index contributed by atoms with van der Waals surface area (Å²) < 4.78 is 0. The van der Waals surface area contributed by atoms with E-state index in [4.69, 9.17) is 10.8 Å². The smallest absolute Gasteiger partial charge is 0.271 e. The van der Waals surface area contributed by atoms with Crippen molar-refractivity contribution in [1.82, 2.24) is 10.3 Å². The molecule has 6 nitrogen and oxygen atoms in total. The Kier molecular flexibility index (Phi) is 3.14. The highest BCUT2D eigenvalue weighted by atomic mass is 16.3. The maximum Gasteiger partial charge on any atom is 0.271 e. The number of aliphatic hydroxyl groups is 1. The van der Waals surface area contributed by atoms with Gasteiger partial charge >= 0.3 is 0 Å². The van der Waals surface area contributed by atoms with Crippen LogP contribution < -0.4 is 11.1 Å². The van der Waals surface area contributed by atoms with Crippen molar-refractivity contribution >= 4 is 11.8 Å². The molecule has 14 heavy (non-hydrogen) atoms. The van der Waals surface area contributed by atoms with E-state index in [0.29, 0.717) is 0 Å². The fraction of sp³-hybridized carbons (Fsp3) is 0.125. The van der Waals surface area contributed by atoms with Crippen molar-refractivity contribution in [3.63, 3.8) is 0 Å². The van der Waals surface area contributed by atoms with Crippen LogP contribution in [0.3, 0.4) is 0 Å². The molecule has 1 aromatic heterocycles. The van der Waals surface area contributed by atoms with Gasteiger partial charge < -0.3 is 16.2 Å². The van der Waals surface area contributed by atoms with Crippen LogP contribution in [0.1, 0.15) is 20.8 Å². The summed E-state index contributed by atoms with van der Waals surface area (Å²) in [4.78, 5) is 25.4. The molecular weight excluding hydrogens is 186 g/mol. The third kappa shape index (κ3) is 2.27. The molecule has 0 spiro atoms. The van der Waals surface area contributed by atoms with Gasteiger partial charge in [-0.3, -0.25) is 14.6 Å². The summed E-state index contributed by atoms with van der Waals surface area (Å²) in [7, 11) is 0. The van der Waals surface area contributed by atoms with Gasteiger partial charge in [0.2, 0.25) is 5.91 Å². The van der Waals surface area contributed by atoms with E-state index in [-0.39, 0.29) is 11.3 Å². The molecule has 2 amide bonds. The number of carbonyl (C=O) groups is 2. The molecule has 0 fully saturated rings. The standard InChI is InChI=1S/C8H9N3O3/c9-7(13)5-1-2-6(10-3-5)8(14)11-4-12/h1-3,12H,4H2,(H2,9,13)(H,11,14). The lowest BCUT2D eigenvalue weighted by Gasteiger charge is -2.00. The predicted molar refractivity (Wildman–Crippen MR) is 47.3 cm³/mol. The van der Waals surface area contributed by atoms with Crippen molar-refractivity contribution in [2.75, 3.05) is 6.73 Å². The highest BCUT2D eigenvalue weighted by Gasteiger charge is 2.06. The first kappa shape index (κ1) is 10.1. The first-order valence-corrected chi connectivity index (χ1v) is 3.80. The van der Waals surface area contributed by atoms with Crippen molar-refractivity contribution in [1.29, 1.82) is 0 Å². The SMILES string of the molecule is NC(=O)c1ccc(C(=O)NCO)nc1. The van der Waals surface area contributed by atoms with Gasteiger partial charge in [0.05, 0.1) is 5.56 Å². The maximum absolute atomic E-state index is 11.1. The maximum atomic E-state index is 11.1. The molecule has 0 saturated heterocycles. The molecule has 0 atom stereocenters. The third-order valence-corrected chi connectivity index (χ3v) is 1.52. The molecule has 0 aromatic carbocycles. The van der Waals surface area contributed by atoms with E-state index in [0.717, 1.165) is 0 Å². The summed E-state index contributed by atoms with van der Waals surface area (Å²) >= 11 is 0. The number of nitrogens with zero attached hydrogens (tertiary/aromatic N) is 1. The summed E-state index contributed by atoms with van der Waals surface area (Å²) in [5.74, 6) is -1.12. The molecule has 0 saturated carbocycles. The summed E-state index contributed by atoms with van der Waals surface area (Å²) in [5, 5.41) is 10.6.